The van der Waals surface area contributed by atoms with Crippen LogP contribution in [0.2, 0.25) is 0 Å². The van der Waals surface area contributed by atoms with Crippen LogP contribution in [0.15, 0.2) is 35.2 Å². The van der Waals surface area contributed by atoms with Gasteiger partial charge in [0.2, 0.25) is 0 Å². The van der Waals surface area contributed by atoms with Crippen molar-refractivity contribution in [3.8, 4) is 11.3 Å². The van der Waals surface area contributed by atoms with Crippen LogP contribution in [0.3, 0.4) is 0 Å². The molecule has 0 N–H and O–H groups in total. The van der Waals surface area contributed by atoms with Gasteiger partial charge in [0, 0.05) is 0 Å². The van der Waals surface area contributed by atoms with Gasteiger partial charge in [0.25, 0.3) is 0 Å². The van der Waals surface area contributed by atoms with Crippen LogP contribution in [0.4, 0.5) is 0 Å². The number of hydrogen-bond acceptors (Lipinski definition) is 3. The molecule has 0 amide bonds. The first-order chi connectivity index (χ1) is 5.47. The largest absolute Gasteiger partial charge is 0.364 e. The summed E-state index contributed by atoms with van der Waals surface area (Å²) in [5, 5.41) is 3.57. The van der Waals surface area contributed by atoms with E-state index < -0.39 is 0 Å². The molecule has 0 atom stereocenters. The molecular weight excluding hydrogens is 140 g/mol. The lowest BCUT2D eigenvalue weighted by Gasteiger charge is -1.89. The Balaban J connectivity index is 2.46. The van der Waals surface area contributed by atoms with E-state index in [2.05, 4.69) is 20.9 Å². The van der Waals surface area contributed by atoms with Crippen molar-refractivity contribution < 1.29 is 4.52 Å². The van der Waals surface area contributed by atoms with E-state index in [0.29, 0.717) is 0 Å². The highest BCUT2D eigenvalue weighted by molar-refractivity contribution is 5.55. The van der Waals surface area contributed by atoms with Gasteiger partial charge < -0.3 is 4.52 Å². The van der Waals surface area contributed by atoms with Crippen LogP contribution in [0.5, 0.6) is 0 Å². The zero-order valence-electron chi connectivity index (χ0n) is 5.69. The highest BCUT2D eigenvalue weighted by Gasteiger charge is 1.98. The van der Waals surface area contributed by atoms with Gasteiger partial charge >= 0.3 is 0 Å². The van der Waals surface area contributed by atoms with Gasteiger partial charge in [0.1, 0.15) is 6.26 Å². The summed E-state index contributed by atoms with van der Waals surface area (Å²) in [4.78, 5) is 4.00. The second-order valence-corrected chi connectivity index (χ2v) is 2.07. The molecule has 0 saturated carbocycles. The van der Waals surface area contributed by atoms with Gasteiger partial charge in [-0.2, -0.15) is 0 Å². The van der Waals surface area contributed by atoms with E-state index in [4.69, 9.17) is 0 Å². The molecule has 0 unspecified atom stereocenters. The van der Waals surface area contributed by atoms with Crippen LogP contribution in [-0.2, 0) is 0 Å². The molecule has 2 aromatic rings. The zero-order valence-corrected chi connectivity index (χ0v) is 5.69. The molecule has 0 aliphatic carbocycles. The first-order valence-corrected chi connectivity index (χ1v) is 3.20. The Morgan fingerprint density at radius 3 is 3.09 bits per heavy atom. The molecule has 0 saturated heterocycles. The molecule has 53 valence electrons. The molecular formula is C8H5N2O. The van der Waals surface area contributed by atoms with Crippen molar-refractivity contribution in [1.29, 1.82) is 0 Å². The smallest absolute Gasteiger partial charge is 0.133 e. The fourth-order valence-electron chi connectivity index (χ4n) is 0.819. The fraction of sp³-hybridized carbons (Fsp3) is 0. The molecule has 0 aliphatic heterocycles. The van der Waals surface area contributed by atoms with E-state index in [0.717, 1.165) is 11.3 Å². The van der Waals surface area contributed by atoms with E-state index in [1.165, 1.54) is 0 Å². The fourth-order valence-corrected chi connectivity index (χ4v) is 0.819. The highest BCUT2D eigenvalue weighted by atomic mass is 16.5. The van der Waals surface area contributed by atoms with Crippen LogP contribution in [-0.4, -0.2) is 10.1 Å². The predicted octanol–water partition coefficient (Wildman–Crippen LogP) is 1.54. The summed E-state index contributed by atoms with van der Waals surface area (Å²) in [5.74, 6) is 0. The number of pyridine rings is 1. The Labute approximate surface area is 63.7 Å². The van der Waals surface area contributed by atoms with Crippen molar-refractivity contribution >= 4 is 0 Å². The average Bonchev–Trinajstić information content (AvgIpc) is 2.58. The summed E-state index contributed by atoms with van der Waals surface area (Å²) in [6.45, 7) is 0. The Hall–Kier alpha value is -1.64. The van der Waals surface area contributed by atoms with Crippen molar-refractivity contribution in [2.45, 2.75) is 0 Å². The molecule has 11 heavy (non-hydrogen) atoms. The second kappa shape index (κ2) is 2.54. The van der Waals surface area contributed by atoms with Crippen LogP contribution < -0.4 is 0 Å². The van der Waals surface area contributed by atoms with Gasteiger partial charge in [-0.25, -0.2) is 4.98 Å². The number of hydrogen-bond donors (Lipinski definition) is 0. The third-order valence-corrected chi connectivity index (χ3v) is 1.34. The summed E-state index contributed by atoms with van der Waals surface area (Å²) in [7, 11) is 0. The summed E-state index contributed by atoms with van der Waals surface area (Å²) in [5.41, 5.74) is 1.70. The van der Waals surface area contributed by atoms with E-state index >= 15 is 0 Å². The molecule has 0 spiro atoms. The maximum Gasteiger partial charge on any atom is 0.133 e. The summed E-state index contributed by atoms with van der Waals surface area (Å²) >= 11 is 0. The lowest BCUT2D eigenvalue weighted by Crippen LogP contribution is -1.77. The van der Waals surface area contributed by atoms with E-state index in [1.807, 2.05) is 12.1 Å². The molecule has 2 heterocycles. The van der Waals surface area contributed by atoms with Gasteiger partial charge in [-0.1, -0.05) is 11.2 Å². The van der Waals surface area contributed by atoms with Crippen LogP contribution in [0, 0.1) is 6.20 Å². The first-order valence-electron chi connectivity index (χ1n) is 3.20. The quantitative estimate of drug-likeness (QED) is 0.610. The molecule has 0 aliphatic rings. The van der Waals surface area contributed by atoms with Gasteiger partial charge in [-0.15, -0.1) is 0 Å². The van der Waals surface area contributed by atoms with Crippen molar-refractivity contribution in [3.63, 3.8) is 0 Å². The van der Waals surface area contributed by atoms with Crippen molar-refractivity contribution in [2.75, 3.05) is 0 Å². The second-order valence-electron chi connectivity index (χ2n) is 2.07. The number of rotatable bonds is 1. The summed E-state index contributed by atoms with van der Waals surface area (Å²) < 4.78 is 4.67. The molecule has 1 radical (unpaired) electrons. The standard InChI is InChI=1S/C8H5N2O/c1-2-4-9-8(3-1)7-5-10-11-6-7/h1-3,5-6H. The molecule has 3 nitrogen and oxygen atoms in total. The van der Waals surface area contributed by atoms with Gasteiger partial charge in [-0.3, -0.25) is 0 Å². The van der Waals surface area contributed by atoms with Crippen LogP contribution in [0.25, 0.3) is 11.3 Å². The molecule has 2 aromatic heterocycles. The van der Waals surface area contributed by atoms with Crippen molar-refractivity contribution in [2.24, 2.45) is 0 Å². The topological polar surface area (TPSA) is 38.9 Å². The minimum atomic E-state index is 0.828. The van der Waals surface area contributed by atoms with Crippen LogP contribution >= 0.6 is 0 Å². The third kappa shape index (κ3) is 1.12. The van der Waals surface area contributed by atoms with Crippen molar-refractivity contribution in [3.05, 3.63) is 36.9 Å². The molecule has 2 rings (SSSR count). The summed E-state index contributed by atoms with van der Waals surface area (Å²) in [6.07, 6.45) is 5.90. The zero-order chi connectivity index (χ0) is 7.52. The van der Waals surface area contributed by atoms with Crippen molar-refractivity contribution in [1.82, 2.24) is 10.1 Å². The molecule has 0 bridgehead atoms. The Bertz CT molecular complexity index is 315. The monoisotopic (exact) mass is 145 g/mol. The average molecular weight is 145 g/mol. The maximum atomic E-state index is 4.67. The van der Waals surface area contributed by atoms with Gasteiger partial charge in [-0.05, 0) is 12.1 Å². The maximum absolute atomic E-state index is 4.67. The first kappa shape index (κ1) is 6.09. The third-order valence-electron chi connectivity index (χ3n) is 1.34. The molecule has 3 heteroatoms. The minimum absolute atomic E-state index is 0.828. The molecule has 0 fully saturated rings. The van der Waals surface area contributed by atoms with E-state index in [9.17, 15) is 0 Å². The lowest BCUT2D eigenvalue weighted by atomic mass is 10.2. The SMILES string of the molecule is [c]1cccc(-c2cnoc2)n1. The Kier molecular flexibility index (Phi) is 1.41. The van der Waals surface area contributed by atoms with E-state index in [-0.39, 0.29) is 0 Å². The normalized spacial score (nSPS) is 9.82. The van der Waals surface area contributed by atoms with Crippen LogP contribution in [0.1, 0.15) is 0 Å². The summed E-state index contributed by atoms with van der Waals surface area (Å²) in [6, 6.07) is 5.50. The predicted molar refractivity (Wildman–Crippen MR) is 38.6 cm³/mol. The lowest BCUT2D eigenvalue weighted by molar-refractivity contribution is 0.420. The number of aromatic nitrogens is 2. The highest BCUT2D eigenvalue weighted by Crippen LogP contribution is 2.13. The number of nitrogens with zero attached hydrogens (tertiary/aromatic N) is 2. The molecule has 0 aromatic carbocycles. The van der Waals surface area contributed by atoms with Gasteiger partial charge in [0.15, 0.2) is 0 Å². The minimum Gasteiger partial charge on any atom is -0.364 e. The van der Waals surface area contributed by atoms with E-state index in [1.54, 1.807) is 18.5 Å². The Morgan fingerprint density at radius 2 is 2.45 bits per heavy atom. The Morgan fingerprint density at radius 1 is 1.45 bits per heavy atom. The van der Waals surface area contributed by atoms with Gasteiger partial charge in [0.05, 0.1) is 23.7 Å².